The average molecular weight is 338 g/mol. The van der Waals surface area contributed by atoms with Gasteiger partial charge in [-0.15, -0.1) is 5.10 Å². The summed E-state index contributed by atoms with van der Waals surface area (Å²) >= 11 is 5.85. The first-order valence-corrected chi connectivity index (χ1v) is 8.14. The Bertz CT molecular complexity index is 611. The zero-order valence-electron chi connectivity index (χ0n) is 12.8. The largest absolute Gasteiger partial charge is 0.386 e. The van der Waals surface area contributed by atoms with Crippen molar-refractivity contribution in [2.24, 2.45) is 0 Å². The Hall–Kier alpha value is -1.47. The summed E-state index contributed by atoms with van der Waals surface area (Å²) in [6, 6.07) is 7.11. The van der Waals surface area contributed by atoms with Gasteiger partial charge in [0.2, 0.25) is 0 Å². The Morgan fingerprint density at radius 2 is 2.17 bits per heavy atom. The van der Waals surface area contributed by atoms with Gasteiger partial charge in [0, 0.05) is 11.6 Å². The highest BCUT2D eigenvalue weighted by Crippen LogP contribution is 2.18. The molecule has 0 aliphatic carbocycles. The highest BCUT2D eigenvalue weighted by molar-refractivity contribution is 6.30. The Morgan fingerprint density at radius 3 is 2.91 bits per heavy atom. The van der Waals surface area contributed by atoms with Gasteiger partial charge in [-0.05, 0) is 37.0 Å². The molecular formula is C16H20ClN3O3. The second kappa shape index (κ2) is 7.88. The zero-order chi connectivity index (χ0) is 16.1. The fourth-order valence-electron chi connectivity index (χ4n) is 2.48. The van der Waals surface area contributed by atoms with Crippen LogP contribution >= 0.6 is 11.6 Å². The van der Waals surface area contributed by atoms with E-state index in [2.05, 4.69) is 10.3 Å². The number of aromatic nitrogens is 3. The highest BCUT2D eigenvalue weighted by atomic mass is 35.5. The van der Waals surface area contributed by atoms with Crippen molar-refractivity contribution in [2.45, 2.75) is 44.8 Å². The van der Waals surface area contributed by atoms with Crippen molar-refractivity contribution in [2.75, 3.05) is 6.61 Å². The van der Waals surface area contributed by atoms with E-state index in [0.29, 0.717) is 18.2 Å². The van der Waals surface area contributed by atoms with E-state index < -0.39 is 6.10 Å². The number of rotatable bonds is 6. The van der Waals surface area contributed by atoms with Gasteiger partial charge < -0.3 is 14.6 Å². The minimum absolute atomic E-state index is 0.145. The second-order valence-electron chi connectivity index (χ2n) is 5.61. The van der Waals surface area contributed by atoms with Crippen molar-refractivity contribution in [3.05, 3.63) is 46.7 Å². The SMILES string of the molecule is O[C@@H](Cn1cc(COC2CCCCO2)nn1)c1ccc(Cl)cc1. The maximum atomic E-state index is 10.2. The fraction of sp³-hybridized carbons (Fsp3) is 0.500. The molecule has 0 radical (unpaired) electrons. The predicted octanol–water partition coefficient (Wildman–Crippen LogP) is 2.71. The molecule has 1 fully saturated rings. The number of nitrogens with zero attached hydrogens (tertiary/aromatic N) is 3. The fourth-order valence-corrected chi connectivity index (χ4v) is 2.61. The van der Waals surface area contributed by atoms with Crippen LogP contribution in [-0.4, -0.2) is 33.0 Å². The molecule has 23 heavy (non-hydrogen) atoms. The van der Waals surface area contributed by atoms with Crippen LogP contribution in [0.25, 0.3) is 0 Å². The number of hydrogen-bond donors (Lipinski definition) is 1. The lowest BCUT2D eigenvalue weighted by atomic mass is 10.1. The molecular weight excluding hydrogens is 318 g/mol. The molecule has 0 amide bonds. The summed E-state index contributed by atoms with van der Waals surface area (Å²) in [6.07, 6.45) is 4.12. The van der Waals surface area contributed by atoms with Crippen LogP contribution in [0.15, 0.2) is 30.5 Å². The molecule has 1 aromatic carbocycles. The van der Waals surface area contributed by atoms with E-state index in [9.17, 15) is 5.11 Å². The smallest absolute Gasteiger partial charge is 0.158 e. The summed E-state index contributed by atoms with van der Waals surface area (Å²) in [5, 5.41) is 19.0. The third kappa shape index (κ3) is 4.75. The minimum atomic E-state index is -0.663. The van der Waals surface area contributed by atoms with Crippen LogP contribution in [0, 0.1) is 0 Å². The van der Waals surface area contributed by atoms with Gasteiger partial charge >= 0.3 is 0 Å². The van der Waals surface area contributed by atoms with Crippen LogP contribution in [0.3, 0.4) is 0 Å². The van der Waals surface area contributed by atoms with E-state index in [0.717, 1.165) is 37.1 Å². The van der Waals surface area contributed by atoms with Gasteiger partial charge in [-0.1, -0.05) is 28.9 Å². The number of halogens is 1. The standard InChI is InChI=1S/C16H20ClN3O3/c17-13-6-4-12(5-7-13)15(21)10-20-9-14(18-19-20)11-23-16-3-1-2-8-22-16/h4-7,9,15-16,21H,1-3,8,10-11H2/t15-,16?/m0/s1. The van der Waals surface area contributed by atoms with E-state index >= 15 is 0 Å². The van der Waals surface area contributed by atoms with Crippen molar-refractivity contribution in [1.29, 1.82) is 0 Å². The van der Waals surface area contributed by atoms with E-state index in [4.69, 9.17) is 21.1 Å². The molecule has 3 rings (SSSR count). The number of hydrogen-bond acceptors (Lipinski definition) is 5. The molecule has 0 bridgehead atoms. The van der Waals surface area contributed by atoms with E-state index in [1.54, 1.807) is 35.1 Å². The first-order valence-electron chi connectivity index (χ1n) is 7.76. The number of aliphatic hydroxyl groups excluding tert-OH is 1. The molecule has 1 aliphatic heterocycles. The molecule has 0 spiro atoms. The maximum Gasteiger partial charge on any atom is 0.158 e. The third-order valence-electron chi connectivity index (χ3n) is 3.76. The average Bonchev–Trinajstić information content (AvgIpc) is 3.02. The Labute approximate surface area is 140 Å². The van der Waals surface area contributed by atoms with Gasteiger partial charge in [0.15, 0.2) is 6.29 Å². The summed E-state index contributed by atoms with van der Waals surface area (Å²) in [6.45, 7) is 1.45. The van der Waals surface area contributed by atoms with E-state index in [1.165, 1.54) is 0 Å². The molecule has 1 N–H and O–H groups in total. The summed E-state index contributed by atoms with van der Waals surface area (Å²) < 4.78 is 12.8. The van der Waals surface area contributed by atoms with Gasteiger partial charge in [-0.3, -0.25) is 0 Å². The molecule has 2 heterocycles. The summed E-state index contributed by atoms with van der Waals surface area (Å²) in [4.78, 5) is 0. The maximum absolute atomic E-state index is 10.2. The minimum Gasteiger partial charge on any atom is -0.386 e. The van der Waals surface area contributed by atoms with Crippen molar-refractivity contribution in [1.82, 2.24) is 15.0 Å². The molecule has 6 nitrogen and oxygen atoms in total. The third-order valence-corrected chi connectivity index (χ3v) is 4.01. The molecule has 1 saturated heterocycles. The quantitative estimate of drug-likeness (QED) is 0.877. The molecule has 1 aliphatic rings. The zero-order valence-corrected chi connectivity index (χ0v) is 13.5. The Morgan fingerprint density at radius 1 is 1.35 bits per heavy atom. The lowest BCUT2D eigenvalue weighted by molar-refractivity contribution is -0.169. The molecule has 124 valence electrons. The monoisotopic (exact) mass is 337 g/mol. The second-order valence-corrected chi connectivity index (χ2v) is 6.04. The molecule has 1 aromatic heterocycles. The van der Waals surface area contributed by atoms with Gasteiger partial charge in [-0.2, -0.15) is 0 Å². The van der Waals surface area contributed by atoms with Crippen LogP contribution in [0.1, 0.15) is 36.6 Å². The number of benzene rings is 1. The van der Waals surface area contributed by atoms with Gasteiger partial charge in [-0.25, -0.2) is 4.68 Å². The molecule has 7 heteroatoms. The lowest BCUT2D eigenvalue weighted by Crippen LogP contribution is -2.22. The Balaban J connectivity index is 1.51. The van der Waals surface area contributed by atoms with Crippen LogP contribution in [0.4, 0.5) is 0 Å². The number of ether oxygens (including phenoxy) is 2. The number of aliphatic hydroxyl groups is 1. The molecule has 2 atom stereocenters. The first kappa shape index (κ1) is 16.4. The first-order chi connectivity index (χ1) is 11.2. The summed E-state index contributed by atoms with van der Waals surface area (Å²) in [5.41, 5.74) is 1.51. The van der Waals surface area contributed by atoms with Crippen LogP contribution in [-0.2, 0) is 22.6 Å². The molecule has 2 aromatic rings. The topological polar surface area (TPSA) is 69.4 Å². The summed E-state index contributed by atoms with van der Waals surface area (Å²) in [5.74, 6) is 0. The molecule has 1 unspecified atom stereocenters. The predicted molar refractivity (Wildman–Crippen MR) is 84.8 cm³/mol. The normalized spacial score (nSPS) is 19.7. The van der Waals surface area contributed by atoms with Crippen molar-refractivity contribution in [3.63, 3.8) is 0 Å². The van der Waals surface area contributed by atoms with Gasteiger partial charge in [0.1, 0.15) is 5.69 Å². The van der Waals surface area contributed by atoms with Crippen molar-refractivity contribution >= 4 is 11.6 Å². The van der Waals surface area contributed by atoms with Crippen molar-refractivity contribution < 1.29 is 14.6 Å². The van der Waals surface area contributed by atoms with E-state index in [1.807, 2.05) is 0 Å². The summed E-state index contributed by atoms with van der Waals surface area (Å²) in [7, 11) is 0. The van der Waals surface area contributed by atoms with Crippen molar-refractivity contribution in [3.8, 4) is 0 Å². The van der Waals surface area contributed by atoms with Crippen LogP contribution in [0.5, 0.6) is 0 Å². The van der Waals surface area contributed by atoms with E-state index in [-0.39, 0.29) is 6.29 Å². The van der Waals surface area contributed by atoms with Crippen LogP contribution in [0.2, 0.25) is 5.02 Å². The van der Waals surface area contributed by atoms with Gasteiger partial charge in [0.05, 0.1) is 25.5 Å². The van der Waals surface area contributed by atoms with Gasteiger partial charge in [0.25, 0.3) is 0 Å². The Kier molecular flexibility index (Phi) is 5.61. The van der Waals surface area contributed by atoms with Crippen LogP contribution < -0.4 is 0 Å². The lowest BCUT2D eigenvalue weighted by Gasteiger charge is -2.22. The molecule has 0 saturated carbocycles. The highest BCUT2D eigenvalue weighted by Gasteiger charge is 2.15.